The fraction of sp³-hybridized carbons (Fsp3) is 0.273. The number of nitro groups is 1. The molecule has 2 aliphatic rings. The van der Waals surface area contributed by atoms with Gasteiger partial charge in [0.2, 0.25) is 0 Å². The minimum atomic E-state index is -0.817. The van der Waals surface area contributed by atoms with Crippen molar-refractivity contribution < 1.29 is 28.7 Å². The van der Waals surface area contributed by atoms with E-state index in [1.807, 2.05) is 48.5 Å². The topological polar surface area (TPSA) is 117 Å². The number of hydrogen-bond acceptors (Lipinski definition) is 8. The quantitative estimate of drug-likeness (QED) is 0.199. The van der Waals surface area contributed by atoms with Crippen LogP contribution in [-0.2, 0) is 20.9 Å². The second kappa shape index (κ2) is 11.9. The number of hydrogen-bond donors (Lipinski definition) is 1. The van der Waals surface area contributed by atoms with E-state index in [0.29, 0.717) is 46.0 Å². The van der Waals surface area contributed by atoms with Gasteiger partial charge in [0.1, 0.15) is 6.61 Å². The van der Waals surface area contributed by atoms with Crippen LogP contribution in [0.15, 0.2) is 89.3 Å². The van der Waals surface area contributed by atoms with Crippen molar-refractivity contribution in [3.63, 3.8) is 0 Å². The Labute approximate surface area is 243 Å². The van der Waals surface area contributed by atoms with Gasteiger partial charge < -0.3 is 19.5 Å². The first kappa shape index (κ1) is 28.6. The van der Waals surface area contributed by atoms with E-state index in [0.717, 1.165) is 11.1 Å². The van der Waals surface area contributed by atoms with Crippen LogP contribution in [0.3, 0.4) is 0 Å². The van der Waals surface area contributed by atoms with E-state index in [9.17, 15) is 19.7 Å². The number of nitrogens with one attached hydrogen (secondary N) is 1. The molecule has 1 N–H and O–H groups in total. The number of methoxy groups -OCH3 is 2. The van der Waals surface area contributed by atoms with Crippen molar-refractivity contribution in [1.82, 2.24) is 5.32 Å². The maximum Gasteiger partial charge on any atom is 0.337 e. The third-order valence-corrected chi connectivity index (χ3v) is 7.90. The summed E-state index contributed by atoms with van der Waals surface area (Å²) in [5.41, 5.74) is 4.58. The average Bonchev–Trinajstić information content (AvgIpc) is 2.99. The zero-order valence-electron chi connectivity index (χ0n) is 23.9. The van der Waals surface area contributed by atoms with Crippen molar-refractivity contribution >= 4 is 17.4 Å². The summed E-state index contributed by atoms with van der Waals surface area (Å²) >= 11 is 0. The zero-order valence-corrected chi connectivity index (χ0v) is 23.9. The van der Waals surface area contributed by atoms with Gasteiger partial charge in [-0.25, -0.2) is 4.79 Å². The molecule has 9 nitrogen and oxygen atoms in total. The van der Waals surface area contributed by atoms with Gasteiger partial charge in [-0.2, -0.15) is 0 Å². The lowest BCUT2D eigenvalue weighted by atomic mass is 9.71. The molecule has 216 valence electrons. The number of carbonyl (C=O) groups is 2. The van der Waals surface area contributed by atoms with Crippen LogP contribution < -0.4 is 14.8 Å². The summed E-state index contributed by atoms with van der Waals surface area (Å²) in [6.45, 7) is 3.48. The van der Waals surface area contributed by atoms with Crippen LogP contribution in [0.25, 0.3) is 0 Å². The molecule has 2 atom stereocenters. The third kappa shape index (κ3) is 5.50. The summed E-state index contributed by atoms with van der Waals surface area (Å²) in [6.07, 6.45) is 0.705. The number of nitrogens with zero attached hydrogens (tertiary/aromatic N) is 1. The molecule has 0 saturated heterocycles. The fourth-order valence-corrected chi connectivity index (χ4v) is 5.79. The Hall–Kier alpha value is -4.92. The number of allylic oxidation sites excluding steroid dienone is 3. The Morgan fingerprint density at radius 3 is 2.36 bits per heavy atom. The molecular formula is C33H32N2O7. The molecular weight excluding hydrogens is 536 g/mol. The van der Waals surface area contributed by atoms with Crippen LogP contribution in [0.5, 0.6) is 11.5 Å². The molecule has 5 rings (SSSR count). The molecule has 0 spiro atoms. The SMILES string of the molecule is COc1ccc([C@@H]2CC(=O)C3=C(C2)NC(C)=C(C(=O)OCc2ccccc2)[C@@H]3c2ccc(C)c([N+](=O)[O-])c2)cc1OC. The molecule has 0 fully saturated rings. The first-order valence-corrected chi connectivity index (χ1v) is 13.6. The minimum Gasteiger partial charge on any atom is -0.493 e. The van der Waals surface area contributed by atoms with Gasteiger partial charge in [-0.1, -0.05) is 48.5 Å². The van der Waals surface area contributed by atoms with Gasteiger partial charge in [-0.05, 0) is 55.0 Å². The molecule has 1 heterocycles. The zero-order chi connectivity index (χ0) is 30.0. The first-order chi connectivity index (χ1) is 20.2. The van der Waals surface area contributed by atoms with Gasteiger partial charge in [0, 0.05) is 40.9 Å². The third-order valence-electron chi connectivity index (χ3n) is 7.90. The number of aryl methyl sites for hydroxylation is 1. The number of esters is 1. The summed E-state index contributed by atoms with van der Waals surface area (Å²) in [7, 11) is 3.13. The smallest absolute Gasteiger partial charge is 0.337 e. The monoisotopic (exact) mass is 568 g/mol. The van der Waals surface area contributed by atoms with Crippen molar-refractivity contribution in [2.75, 3.05) is 14.2 Å². The van der Waals surface area contributed by atoms with Crippen LogP contribution in [0, 0.1) is 17.0 Å². The molecule has 9 heteroatoms. The molecule has 3 aromatic carbocycles. The molecule has 1 aliphatic heterocycles. The minimum absolute atomic E-state index is 0.0540. The largest absolute Gasteiger partial charge is 0.493 e. The lowest BCUT2D eigenvalue weighted by Gasteiger charge is -2.36. The molecule has 0 saturated carbocycles. The Bertz CT molecular complexity index is 1620. The number of benzene rings is 3. The van der Waals surface area contributed by atoms with Crippen LogP contribution in [-0.4, -0.2) is 30.9 Å². The Morgan fingerprint density at radius 1 is 0.952 bits per heavy atom. The molecule has 0 amide bonds. The van der Waals surface area contributed by atoms with E-state index in [1.165, 1.54) is 6.07 Å². The molecule has 1 aliphatic carbocycles. The van der Waals surface area contributed by atoms with E-state index in [4.69, 9.17) is 14.2 Å². The summed E-state index contributed by atoms with van der Waals surface area (Å²) < 4.78 is 16.6. The number of ether oxygens (including phenoxy) is 3. The van der Waals surface area contributed by atoms with E-state index >= 15 is 0 Å². The Morgan fingerprint density at radius 2 is 1.67 bits per heavy atom. The highest BCUT2D eigenvalue weighted by Crippen LogP contribution is 2.47. The van der Waals surface area contributed by atoms with E-state index in [2.05, 4.69) is 5.32 Å². The number of nitro benzene ring substituents is 1. The van der Waals surface area contributed by atoms with Gasteiger partial charge in [0.05, 0.1) is 24.7 Å². The number of rotatable bonds is 8. The highest BCUT2D eigenvalue weighted by molar-refractivity contribution is 6.04. The van der Waals surface area contributed by atoms with Gasteiger partial charge in [0.25, 0.3) is 5.69 Å². The van der Waals surface area contributed by atoms with Gasteiger partial charge in [-0.3, -0.25) is 14.9 Å². The summed E-state index contributed by atoms with van der Waals surface area (Å²) in [5.74, 6) is -0.518. The van der Waals surface area contributed by atoms with Crippen molar-refractivity contribution in [3.05, 3.63) is 122 Å². The Balaban J connectivity index is 1.56. The molecule has 42 heavy (non-hydrogen) atoms. The first-order valence-electron chi connectivity index (χ1n) is 13.6. The van der Waals surface area contributed by atoms with Crippen molar-refractivity contribution in [3.8, 4) is 11.5 Å². The lowest BCUT2D eigenvalue weighted by Crippen LogP contribution is -2.36. The highest BCUT2D eigenvalue weighted by atomic mass is 16.6. The second-order valence-electron chi connectivity index (χ2n) is 10.5. The number of ketones is 1. The van der Waals surface area contributed by atoms with Gasteiger partial charge >= 0.3 is 5.97 Å². The van der Waals surface area contributed by atoms with Crippen LogP contribution >= 0.6 is 0 Å². The van der Waals surface area contributed by atoms with E-state index in [-0.39, 0.29) is 36.0 Å². The van der Waals surface area contributed by atoms with Crippen molar-refractivity contribution in [2.45, 2.75) is 45.1 Å². The van der Waals surface area contributed by atoms with E-state index < -0.39 is 16.8 Å². The molecule has 0 aromatic heterocycles. The van der Waals surface area contributed by atoms with Crippen LogP contribution in [0.2, 0.25) is 0 Å². The molecule has 0 unspecified atom stereocenters. The summed E-state index contributed by atoms with van der Waals surface area (Å²) in [4.78, 5) is 39.0. The van der Waals surface area contributed by atoms with Crippen LogP contribution in [0.4, 0.5) is 5.69 Å². The average molecular weight is 569 g/mol. The van der Waals surface area contributed by atoms with Crippen molar-refractivity contribution in [1.29, 1.82) is 0 Å². The Kier molecular flexibility index (Phi) is 8.10. The maximum atomic E-state index is 14.0. The van der Waals surface area contributed by atoms with Crippen molar-refractivity contribution in [2.24, 2.45) is 0 Å². The maximum absolute atomic E-state index is 14.0. The summed E-state index contributed by atoms with van der Waals surface area (Å²) in [5, 5.41) is 15.2. The highest BCUT2D eigenvalue weighted by Gasteiger charge is 2.42. The van der Waals surface area contributed by atoms with E-state index in [1.54, 1.807) is 40.2 Å². The second-order valence-corrected chi connectivity index (χ2v) is 10.5. The standard InChI is InChI=1S/C33H32N2O7/c1-19-10-11-23(15-26(19)35(38)39)31-30(33(37)42-18-21-8-6-5-7-9-21)20(2)34-25-14-24(16-27(36)32(25)31)22-12-13-28(40-3)29(17-22)41-4/h5-13,15,17,24,31,34H,14,16,18H2,1-4H3/t24-,31-/m0/s1. The number of Topliss-reactive ketones (excluding diaryl/α,β-unsaturated/α-hetero) is 1. The number of dihydropyridines is 1. The summed E-state index contributed by atoms with van der Waals surface area (Å²) in [6, 6.07) is 19.8. The van der Waals surface area contributed by atoms with Gasteiger partial charge in [0.15, 0.2) is 17.3 Å². The molecule has 3 aromatic rings. The number of carbonyl (C=O) groups excluding carboxylic acids is 2. The molecule has 0 bridgehead atoms. The normalized spacial score (nSPS) is 18.2. The van der Waals surface area contributed by atoms with Gasteiger partial charge in [-0.15, -0.1) is 0 Å². The predicted molar refractivity (Wildman–Crippen MR) is 156 cm³/mol. The fourth-order valence-electron chi connectivity index (χ4n) is 5.79. The predicted octanol–water partition coefficient (Wildman–Crippen LogP) is 6.03. The lowest BCUT2D eigenvalue weighted by molar-refractivity contribution is -0.385. The molecule has 0 radical (unpaired) electrons. The van der Waals surface area contributed by atoms with Crippen LogP contribution in [0.1, 0.15) is 53.9 Å².